The van der Waals surface area contributed by atoms with Crippen LogP contribution in [-0.4, -0.2) is 38.6 Å². The summed E-state index contributed by atoms with van der Waals surface area (Å²) in [6, 6.07) is 15.4. The summed E-state index contributed by atoms with van der Waals surface area (Å²) >= 11 is 0. The third kappa shape index (κ3) is 2.95. The molecule has 0 unspecified atom stereocenters. The largest absolute Gasteiger partial charge is 0.486 e. The number of para-hydroxylation sites is 1. The van der Waals surface area contributed by atoms with Crippen LogP contribution in [0.1, 0.15) is 21.7 Å². The molecule has 0 N–H and O–H groups in total. The third-order valence-electron chi connectivity index (χ3n) is 5.23. The lowest BCUT2D eigenvalue weighted by atomic mass is 10.1. The van der Waals surface area contributed by atoms with Gasteiger partial charge in [-0.05, 0) is 44.2 Å². The average molecular weight is 388 g/mol. The molecule has 0 saturated carbocycles. The van der Waals surface area contributed by atoms with Gasteiger partial charge in [0.25, 0.3) is 0 Å². The Balaban J connectivity index is 1.49. The lowest BCUT2D eigenvalue weighted by molar-refractivity contribution is 0.0968. The van der Waals surface area contributed by atoms with Crippen molar-refractivity contribution in [2.75, 3.05) is 13.2 Å². The first-order chi connectivity index (χ1) is 14.1. The molecule has 0 amide bonds. The number of carbonyl (C=O) groups is 1. The number of hydrogen-bond donors (Lipinski definition) is 0. The van der Waals surface area contributed by atoms with Gasteiger partial charge in [-0.1, -0.05) is 17.3 Å². The van der Waals surface area contributed by atoms with Crippen LogP contribution < -0.4 is 9.47 Å². The van der Waals surface area contributed by atoms with Crippen molar-refractivity contribution in [3.05, 3.63) is 65.5 Å². The summed E-state index contributed by atoms with van der Waals surface area (Å²) in [5.41, 5.74) is 5.11. The molecule has 2 aromatic heterocycles. The van der Waals surface area contributed by atoms with E-state index in [1.54, 1.807) is 4.68 Å². The number of fused-ring (bicyclic) bond motifs is 2. The number of Topliss-reactive ketones (excluding diaryl/α,β-unsaturated/α-hetero) is 1. The molecular weight excluding hydrogens is 368 g/mol. The summed E-state index contributed by atoms with van der Waals surface area (Å²) in [5, 5.41) is 8.26. The number of aryl methyl sites for hydroxylation is 1. The van der Waals surface area contributed by atoms with E-state index in [9.17, 15) is 4.79 Å². The Bertz CT molecular complexity index is 1240. The van der Waals surface area contributed by atoms with E-state index in [1.807, 2.05) is 62.4 Å². The molecule has 7 heteroatoms. The molecular formula is C22H20N4O3. The normalized spacial score (nSPS) is 13.0. The molecule has 0 atom stereocenters. The Labute approximate surface area is 167 Å². The van der Waals surface area contributed by atoms with Crippen LogP contribution in [0.25, 0.3) is 16.7 Å². The molecule has 7 nitrogen and oxygen atoms in total. The molecule has 3 heterocycles. The molecule has 5 rings (SSSR count). The monoisotopic (exact) mass is 388 g/mol. The first kappa shape index (κ1) is 17.5. The minimum Gasteiger partial charge on any atom is -0.486 e. The van der Waals surface area contributed by atoms with Crippen LogP contribution >= 0.6 is 0 Å². The summed E-state index contributed by atoms with van der Waals surface area (Å²) in [6.45, 7) is 5.19. The van der Waals surface area contributed by atoms with Crippen LogP contribution in [0.5, 0.6) is 11.5 Å². The van der Waals surface area contributed by atoms with Crippen molar-refractivity contribution >= 4 is 16.8 Å². The van der Waals surface area contributed by atoms with Gasteiger partial charge in [-0.15, -0.1) is 5.10 Å². The Kier molecular flexibility index (Phi) is 4.08. The van der Waals surface area contributed by atoms with Gasteiger partial charge in [-0.3, -0.25) is 4.79 Å². The summed E-state index contributed by atoms with van der Waals surface area (Å²) in [4.78, 5) is 13.1. The highest BCUT2D eigenvalue weighted by Crippen LogP contribution is 2.33. The number of ether oxygens (including phenoxy) is 2. The van der Waals surface area contributed by atoms with E-state index in [4.69, 9.17) is 9.47 Å². The summed E-state index contributed by atoms with van der Waals surface area (Å²) in [5.74, 6) is 1.47. The van der Waals surface area contributed by atoms with E-state index in [0.717, 1.165) is 39.6 Å². The van der Waals surface area contributed by atoms with Gasteiger partial charge in [0.2, 0.25) is 0 Å². The van der Waals surface area contributed by atoms with Crippen molar-refractivity contribution in [3.63, 3.8) is 0 Å². The molecule has 29 heavy (non-hydrogen) atoms. The highest BCUT2D eigenvalue weighted by Gasteiger charge is 2.20. The lowest BCUT2D eigenvalue weighted by Crippen LogP contribution is -2.15. The van der Waals surface area contributed by atoms with Crippen LogP contribution in [0.15, 0.2) is 48.5 Å². The van der Waals surface area contributed by atoms with Gasteiger partial charge in [0.15, 0.2) is 17.3 Å². The first-order valence-corrected chi connectivity index (χ1v) is 9.52. The molecule has 4 aromatic rings. The Morgan fingerprint density at radius 3 is 2.69 bits per heavy atom. The number of carbonyl (C=O) groups excluding carboxylic acids is 1. The summed E-state index contributed by atoms with van der Waals surface area (Å²) in [6.07, 6.45) is 0. The smallest absolute Gasteiger partial charge is 0.186 e. The number of benzene rings is 2. The van der Waals surface area contributed by atoms with Gasteiger partial charge >= 0.3 is 0 Å². The zero-order chi connectivity index (χ0) is 20.0. The van der Waals surface area contributed by atoms with Crippen LogP contribution in [0.4, 0.5) is 0 Å². The predicted molar refractivity (Wildman–Crippen MR) is 108 cm³/mol. The van der Waals surface area contributed by atoms with Crippen molar-refractivity contribution in [2.24, 2.45) is 0 Å². The molecule has 2 aromatic carbocycles. The SMILES string of the molecule is Cc1cc(C(=O)Cn2nnc3ccccc32)c(C)n1-c1ccc2c(c1)OCCO2. The molecule has 0 aliphatic carbocycles. The number of hydrogen-bond acceptors (Lipinski definition) is 5. The third-order valence-corrected chi connectivity index (χ3v) is 5.23. The lowest BCUT2D eigenvalue weighted by Gasteiger charge is -2.20. The molecule has 1 aliphatic rings. The maximum absolute atomic E-state index is 13.1. The van der Waals surface area contributed by atoms with Gasteiger partial charge < -0.3 is 14.0 Å². The zero-order valence-corrected chi connectivity index (χ0v) is 16.3. The van der Waals surface area contributed by atoms with Crippen molar-refractivity contribution in [1.29, 1.82) is 0 Å². The van der Waals surface area contributed by atoms with Crippen LogP contribution in [0, 0.1) is 13.8 Å². The van der Waals surface area contributed by atoms with E-state index in [-0.39, 0.29) is 12.3 Å². The van der Waals surface area contributed by atoms with E-state index < -0.39 is 0 Å². The Morgan fingerprint density at radius 1 is 1.03 bits per heavy atom. The van der Waals surface area contributed by atoms with Gasteiger partial charge in [0, 0.05) is 28.7 Å². The van der Waals surface area contributed by atoms with Gasteiger partial charge in [-0.2, -0.15) is 0 Å². The van der Waals surface area contributed by atoms with Crippen LogP contribution in [0.2, 0.25) is 0 Å². The minimum atomic E-state index is -0.00227. The van der Waals surface area contributed by atoms with E-state index in [2.05, 4.69) is 14.9 Å². The van der Waals surface area contributed by atoms with Crippen LogP contribution in [-0.2, 0) is 6.54 Å². The quantitative estimate of drug-likeness (QED) is 0.501. The van der Waals surface area contributed by atoms with Crippen molar-refractivity contribution < 1.29 is 14.3 Å². The number of rotatable bonds is 4. The van der Waals surface area contributed by atoms with Crippen molar-refractivity contribution in [3.8, 4) is 17.2 Å². The van der Waals surface area contributed by atoms with Crippen molar-refractivity contribution in [1.82, 2.24) is 19.6 Å². The van der Waals surface area contributed by atoms with Crippen LogP contribution in [0.3, 0.4) is 0 Å². The van der Waals surface area contributed by atoms with Gasteiger partial charge in [-0.25, -0.2) is 4.68 Å². The zero-order valence-electron chi connectivity index (χ0n) is 16.3. The fraction of sp³-hybridized carbons (Fsp3) is 0.227. The molecule has 0 radical (unpaired) electrons. The fourth-order valence-electron chi connectivity index (χ4n) is 3.87. The first-order valence-electron chi connectivity index (χ1n) is 9.52. The molecule has 0 bridgehead atoms. The molecule has 0 spiro atoms. The standard InChI is InChI=1S/C22H20N4O3/c1-14-11-17(20(27)13-25-19-6-4-3-5-18(19)23-24-25)15(2)26(14)16-7-8-21-22(12-16)29-10-9-28-21/h3-8,11-12H,9-10,13H2,1-2H3. The highest BCUT2D eigenvalue weighted by atomic mass is 16.6. The molecule has 0 saturated heterocycles. The molecule has 0 fully saturated rings. The Hall–Kier alpha value is -3.61. The maximum Gasteiger partial charge on any atom is 0.186 e. The fourth-order valence-corrected chi connectivity index (χ4v) is 3.87. The topological polar surface area (TPSA) is 71.2 Å². The van der Waals surface area contributed by atoms with Gasteiger partial charge in [0.1, 0.15) is 25.3 Å². The van der Waals surface area contributed by atoms with E-state index >= 15 is 0 Å². The second kappa shape index (κ2) is 6.77. The van der Waals surface area contributed by atoms with Gasteiger partial charge in [0.05, 0.1) is 5.52 Å². The van der Waals surface area contributed by atoms with E-state index in [1.165, 1.54) is 0 Å². The van der Waals surface area contributed by atoms with Crippen molar-refractivity contribution in [2.45, 2.75) is 20.4 Å². The highest BCUT2D eigenvalue weighted by molar-refractivity contribution is 5.98. The Morgan fingerprint density at radius 2 is 1.83 bits per heavy atom. The maximum atomic E-state index is 13.1. The number of ketones is 1. The summed E-state index contributed by atoms with van der Waals surface area (Å²) < 4.78 is 15.0. The minimum absolute atomic E-state index is 0.00227. The molecule has 1 aliphatic heterocycles. The predicted octanol–water partition coefficient (Wildman–Crippen LogP) is 3.49. The second-order valence-electron chi connectivity index (χ2n) is 7.11. The molecule has 146 valence electrons. The number of aromatic nitrogens is 4. The number of nitrogens with zero attached hydrogens (tertiary/aromatic N) is 4. The average Bonchev–Trinajstić information content (AvgIpc) is 3.28. The summed E-state index contributed by atoms with van der Waals surface area (Å²) in [7, 11) is 0. The van der Waals surface area contributed by atoms with E-state index in [0.29, 0.717) is 18.8 Å². The second-order valence-corrected chi connectivity index (χ2v) is 7.11.